The highest BCUT2D eigenvalue weighted by atomic mass is 31.2. The third-order valence-corrected chi connectivity index (χ3v) is 22.0. The first-order valence-corrected chi connectivity index (χ1v) is 46.5. The number of hydrogen-bond acceptors (Lipinski definition) is 15. The van der Waals surface area contributed by atoms with Crippen molar-refractivity contribution in [2.24, 2.45) is 11.8 Å². The number of hydrogen-bond donors (Lipinski definition) is 3. The number of rotatable bonds is 83. The fraction of sp³-hybridized carbons (Fsp3) is 0.952. The van der Waals surface area contributed by atoms with Gasteiger partial charge in [0.05, 0.1) is 26.4 Å². The van der Waals surface area contributed by atoms with Crippen molar-refractivity contribution in [2.75, 3.05) is 39.6 Å². The predicted molar refractivity (Wildman–Crippen MR) is 423 cm³/mol. The molecule has 0 saturated heterocycles. The molecule has 0 rings (SSSR count). The number of aliphatic hydroxyl groups is 1. The molecular formula is C84H164O17P2. The quantitative estimate of drug-likeness (QED) is 0.0222. The van der Waals surface area contributed by atoms with Crippen LogP contribution in [-0.2, 0) is 65.4 Å². The van der Waals surface area contributed by atoms with Crippen LogP contribution < -0.4 is 0 Å². The molecule has 3 unspecified atom stereocenters. The lowest BCUT2D eigenvalue weighted by atomic mass is 9.99. The van der Waals surface area contributed by atoms with Crippen LogP contribution in [-0.4, -0.2) is 96.7 Å². The number of unbranched alkanes of at least 4 members (excludes halogenated alkanes) is 52. The molecule has 0 aromatic rings. The Morgan fingerprint density at radius 1 is 0.282 bits per heavy atom. The molecule has 3 N–H and O–H groups in total. The largest absolute Gasteiger partial charge is 0.472 e. The fourth-order valence-corrected chi connectivity index (χ4v) is 14.6. The molecule has 0 saturated carbocycles. The molecule has 0 fully saturated rings. The Bertz CT molecular complexity index is 1980. The van der Waals surface area contributed by atoms with Gasteiger partial charge in [0.2, 0.25) is 0 Å². The van der Waals surface area contributed by atoms with E-state index in [1.54, 1.807) is 0 Å². The van der Waals surface area contributed by atoms with Gasteiger partial charge in [-0.2, -0.15) is 0 Å². The highest BCUT2D eigenvalue weighted by molar-refractivity contribution is 7.47. The van der Waals surface area contributed by atoms with Crippen molar-refractivity contribution in [3.63, 3.8) is 0 Å². The van der Waals surface area contributed by atoms with Crippen molar-refractivity contribution in [1.29, 1.82) is 0 Å². The van der Waals surface area contributed by atoms with E-state index in [9.17, 15) is 43.2 Å². The van der Waals surface area contributed by atoms with Crippen molar-refractivity contribution in [2.45, 2.75) is 464 Å². The number of ether oxygens (including phenoxy) is 4. The molecule has 0 amide bonds. The molecule has 103 heavy (non-hydrogen) atoms. The first-order chi connectivity index (χ1) is 49.9. The highest BCUT2D eigenvalue weighted by Crippen LogP contribution is 2.45. The number of carbonyl (C=O) groups is 4. The summed E-state index contributed by atoms with van der Waals surface area (Å²) in [6, 6.07) is 0. The van der Waals surface area contributed by atoms with E-state index in [1.807, 2.05) is 0 Å². The maximum atomic E-state index is 13.1. The summed E-state index contributed by atoms with van der Waals surface area (Å²) in [7, 11) is -9.92. The van der Waals surface area contributed by atoms with E-state index < -0.39 is 97.5 Å². The van der Waals surface area contributed by atoms with E-state index >= 15 is 0 Å². The third-order valence-electron chi connectivity index (χ3n) is 20.1. The number of aliphatic hydroxyl groups excluding tert-OH is 1. The van der Waals surface area contributed by atoms with Crippen LogP contribution in [0.5, 0.6) is 0 Å². The summed E-state index contributed by atoms with van der Waals surface area (Å²) in [5, 5.41) is 10.7. The van der Waals surface area contributed by atoms with E-state index in [1.165, 1.54) is 263 Å². The number of carbonyl (C=O) groups excluding carboxylic acids is 4. The standard InChI is InChI=1S/C84H164O17P2/c1-7-10-12-14-16-18-20-22-23-24-28-31-34-38-41-48-54-60-66-81(86)94-72-79(100-84(89)69-63-57-51-43-39-35-32-29-26-25-27-30-33-36-40-47-53-59-65-77(6)9-3)74-98-102(90,91)96-70-78(85)71-97-103(92,93)99-75-80(73-95-82(87)67-61-55-49-45-44-46-52-58-64-76(4)5)101-83(88)68-62-56-50-42-37-21-19-17-15-13-11-8-2/h76-80,85H,7-75H2,1-6H3,(H,90,91)(H,92,93)/t77?,78-,79-,80-/m1/s1. The number of esters is 4. The summed E-state index contributed by atoms with van der Waals surface area (Å²) in [4.78, 5) is 73.1. The summed E-state index contributed by atoms with van der Waals surface area (Å²) in [5.74, 6) is -0.507. The third kappa shape index (κ3) is 76.6. The first-order valence-electron chi connectivity index (χ1n) is 43.5. The molecule has 0 aliphatic carbocycles. The van der Waals surface area contributed by atoms with Crippen molar-refractivity contribution in [3.05, 3.63) is 0 Å². The van der Waals surface area contributed by atoms with Crippen LogP contribution in [0.4, 0.5) is 0 Å². The minimum atomic E-state index is -4.96. The summed E-state index contributed by atoms with van der Waals surface area (Å²) in [5.41, 5.74) is 0. The normalized spacial score (nSPS) is 14.1. The van der Waals surface area contributed by atoms with Crippen molar-refractivity contribution < 1.29 is 80.2 Å². The Hall–Kier alpha value is -1.94. The molecule has 19 heteroatoms. The Labute approximate surface area is 632 Å². The van der Waals surface area contributed by atoms with Crippen LogP contribution >= 0.6 is 15.6 Å². The van der Waals surface area contributed by atoms with Gasteiger partial charge >= 0.3 is 39.5 Å². The van der Waals surface area contributed by atoms with Crippen molar-refractivity contribution in [3.8, 4) is 0 Å². The lowest BCUT2D eigenvalue weighted by Gasteiger charge is -2.21. The number of phosphoric acid groups is 2. The number of phosphoric ester groups is 2. The molecule has 0 bridgehead atoms. The summed E-state index contributed by atoms with van der Waals surface area (Å²) in [6.45, 7) is 9.68. The van der Waals surface area contributed by atoms with Crippen LogP contribution in [0, 0.1) is 11.8 Å². The molecule has 0 radical (unpaired) electrons. The zero-order valence-corrected chi connectivity index (χ0v) is 69.4. The van der Waals surface area contributed by atoms with E-state index in [-0.39, 0.29) is 25.7 Å². The van der Waals surface area contributed by atoms with E-state index in [0.717, 1.165) is 102 Å². The lowest BCUT2D eigenvalue weighted by molar-refractivity contribution is -0.161. The summed E-state index contributed by atoms with van der Waals surface area (Å²) >= 11 is 0. The minimum Gasteiger partial charge on any atom is -0.462 e. The lowest BCUT2D eigenvalue weighted by Crippen LogP contribution is -2.30. The first kappa shape index (κ1) is 101. The second-order valence-electron chi connectivity index (χ2n) is 30.9. The molecule has 0 aliphatic rings. The SMILES string of the molecule is CCCCCCCCCCCCCCCCCCCCC(=O)OC[C@H](COP(=O)(O)OC[C@@H](O)COP(=O)(O)OC[C@@H](COC(=O)CCCCCCCCCCC(C)C)OC(=O)CCCCCCCCCCCCCC)OC(=O)CCCCCCCCCCCCCCCCCCCCC(C)CC. The van der Waals surface area contributed by atoms with Gasteiger partial charge in [0.15, 0.2) is 12.2 Å². The summed E-state index contributed by atoms with van der Waals surface area (Å²) < 4.78 is 68.8. The molecule has 0 aliphatic heterocycles. The van der Waals surface area contributed by atoms with Gasteiger partial charge in [0.25, 0.3) is 0 Å². The van der Waals surface area contributed by atoms with Crippen LogP contribution in [0.25, 0.3) is 0 Å². The average molecular weight is 1510 g/mol. The molecule has 17 nitrogen and oxygen atoms in total. The van der Waals surface area contributed by atoms with Gasteiger partial charge in [0, 0.05) is 25.7 Å². The maximum absolute atomic E-state index is 13.1. The Morgan fingerprint density at radius 3 is 0.738 bits per heavy atom. The maximum Gasteiger partial charge on any atom is 0.472 e. The molecule has 0 spiro atoms. The van der Waals surface area contributed by atoms with Crippen LogP contribution in [0.3, 0.4) is 0 Å². The molecular weight excluding hydrogens is 1340 g/mol. The van der Waals surface area contributed by atoms with Crippen LogP contribution in [0.2, 0.25) is 0 Å². The Morgan fingerprint density at radius 2 is 0.495 bits per heavy atom. The summed E-state index contributed by atoms with van der Waals surface area (Å²) in [6.07, 6.45) is 66.7. The van der Waals surface area contributed by atoms with Gasteiger partial charge in [0.1, 0.15) is 19.3 Å². The van der Waals surface area contributed by atoms with E-state index in [2.05, 4.69) is 41.5 Å². The zero-order valence-electron chi connectivity index (χ0n) is 67.6. The highest BCUT2D eigenvalue weighted by Gasteiger charge is 2.30. The second kappa shape index (κ2) is 75.5. The predicted octanol–water partition coefficient (Wildman–Crippen LogP) is 25.5. The van der Waals surface area contributed by atoms with Gasteiger partial charge in [-0.25, -0.2) is 9.13 Å². The average Bonchev–Trinajstić information content (AvgIpc) is 1.19. The zero-order chi connectivity index (χ0) is 75.6. The molecule has 6 atom stereocenters. The topological polar surface area (TPSA) is 237 Å². The van der Waals surface area contributed by atoms with Gasteiger partial charge in [-0.1, -0.05) is 395 Å². The Balaban J connectivity index is 5.21. The minimum absolute atomic E-state index is 0.107. The van der Waals surface area contributed by atoms with E-state index in [4.69, 9.17) is 37.0 Å². The smallest absolute Gasteiger partial charge is 0.462 e. The Kier molecular flexibility index (Phi) is 74.1. The van der Waals surface area contributed by atoms with Crippen molar-refractivity contribution >= 4 is 39.5 Å². The molecule has 612 valence electrons. The monoisotopic (exact) mass is 1510 g/mol. The van der Waals surface area contributed by atoms with Gasteiger partial charge in [-0.3, -0.25) is 37.3 Å². The van der Waals surface area contributed by atoms with Gasteiger partial charge in [-0.05, 0) is 37.5 Å². The fourth-order valence-electron chi connectivity index (χ4n) is 13.0. The second-order valence-corrected chi connectivity index (χ2v) is 33.8. The van der Waals surface area contributed by atoms with Crippen LogP contribution in [0.1, 0.15) is 446 Å². The van der Waals surface area contributed by atoms with E-state index in [0.29, 0.717) is 25.7 Å². The van der Waals surface area contributed by atoms with Crippen LogP contribution in [0.15, 0.2) is 0 Å². The van der Waals surface area contributed by atoms with Gasteiger partial charge in [-0.15, -0.1) is 0 Å². The molecule has 0 aromatic carbocycles. The molecule has 0 aromatic heterocycles. The van der Waals surface area contributed by atoms with Crippen molar-refractivity contribution in [1.82, 2.24) is 0 Å². The van der Waals surface area contributed by atoms with Gasteiger partial charge < -0.3 is 33.8 Å². The molecule has 0 heterocycles.